The van der Waals surface area contributed by atoms with Crippen LogP contribution in [-0.4, -0.2) is 48.6 Å². The molecule has 1 fully saturated rings. The summed E-state index contributed by atoms with van der Waals surface area (Å²) < 4.78 is 35.7. The van der Waals surface area contributed by atoms with Gasteiger partial charge >= 0.3 is 0 Å². The third-order valence-corrected chi connectivity index (χ3v) is 8.18. The zero-order valence-electron chi connectivity index (χ0n) is 20.3. The summed E-state index contributed by atoms with van der Waals surface area (Å²) >= 11 is 0. The van der Waals surface area contributed by atoms with E-state index in [1.165, 1.54) is 17.5 Å². The number of nitrogens with one attached hydrogen (secondary N) is 1. The van der Waals surface area contributed by atoms with Crippen molar-refractivity contribution in [2.24, 2.45) is 11.8 Å². The monoisotopic (exact) mass is 496 g/mol. The van der Waals surface area contributed by atoms with Gasteiger partial charge in [-0.05, 0) is 53.6 Å². The Bertz CT molecular complexity index is 1260. The number of ether oxygens (including phenoxy) is 1. The van der Waals surface area contributed by atoms with Crippen LogP contribution in [0.4, 0.5) is 0 Å². The van der Waals surface area contributed by atoms with Gasteiger partial charge in [-0.2, -0.15) is 9.40 Å². The smallest absolute Gasteiger partial charge is 0.251 e. The number of amides is 1. The number of benzene rings is 2. The van der Waals surface area contributed by atoms with E-state index in [0.717, 1.165) is 17.5 Å². The second kappa shape index (κ2) is 10.6. The van der Waals surface area contributed by atoms with Crippen LogP contribution < -0.4 is 10.1 Å². The summed E-state index contributed by atoms with van der Waals surface area (Å²) in [6, 6.07) is 14.3. The predicted molar refractivity (Wildman–Crippen MR) is 134 cm³/mol. The maximum atomic E-state index is 13.5. The fourth-order valence-corrected chi connectivity index (χ4v) is 6.55. The van der Waals surface area contributed by atoms with E-state index in [0.29, 0.717) is 26.2 Å². The molecule has 8 nitrogen and oxygen atoms in total. The average Bonchev–Trinajstić information content (AvgIpc) is 3.35. The van der Waals surface area contributed by atoms with Gasteiger partial charge in [0.05, 0.1) is 13.7 Å². The highest BCUT2D eigenvalue weighted by atomic mass is 32.2. The molecule has 9 heteroatoms. The van der Waals surface area contributed by atoms with Gasteiger partial charge < -0.3 is 10.1 Å². The van der Waals surface area contributed by atoms with Crippen LogP contribution in [0.5, 0.6) is 5.75 Å². The molecule has 0 aliphatic carbocycles. The zero-order valence-corrected chi connectivity index (χ0v) is 21.2. The van der Waals surface area contributed by atoms with Gasteiger partial charge in [-0.1, -0.05) is 38.1 Å². The third kappa shape index (κ3) is 5.74. The Morgan fingerprint density at radius 2 is 1.80 bits per heavy atom. The van der Waals surface area contributed by atoms with Gasteiger partial charge in [-0.15, -0.1) is 0 Å². The number of aromatic nitrogens is 2. The van der Waals surface area contributed by atoms with Crippen molar-refractivity contribution in [2.75, 3.05) is 20.2 Å². The number of hydrogen-bond acceptors (Lipinski definition) is 5. The summed E-state index contributed by atoms with van der Waals surface area (Å²) in [5, 5.41) is 7.18. The summed E-state index contributed by atoms with van der Waals surface area (Å²) in [4.78, 5) is 13.0. The molecular weight excluding hydrogens is 464 g/mol. The van der Waals surface area contributed by atoms with Crippen LogP contribution in [0.3, 0.4) is 0 Å². The maximum Gasteiger partial charge on any atom is 0.251 e. The van der Waals surface area contributed by atoms with Gasteiger partial charge in [0.2, 0.25) is 10.0 Å². The highest BCUT2D eigenvalue weighted by molar-refractivity contribution is 7.89. The van der Waals surface area contributed by atoms with E-state index in [-0.39, 0.29) is 34.0 Å². The molecular formula is C26H32N4O4S. The van der Waals surface area contributed by atoms with Crippen molar-refractivity contribution in [3.63, 3.8) is 0 Å². The molecule has 0 spiro atoms. The Labute approximate surface area is 207 Å². The number of sulfonamides is 1. The molecule has 0 saturated carbocycles. The minimum absolute atomic E-state index is 0.0213. The van der Waals surface area contributed by atoms with Crippen molar-refractivity contribution in [3.05, 3.63) is 77.6 Å². The molecule has 1 saturated heterocycles. The molecule has 1 aliphatic heterocycles. The summed E-state index contributed by atoms with van der Waals surface area (Å²) in [7, 11) is -2.37. The van der Waals surface area contributed by atoms with Crippen molar-refractivity contribution in [1.29, 1.82) is 0 Å². The molecule has 1 N–H and O–H groups in total. The lowest BCUT2D eigenvalue weighted by Gasteiger charge is -2.34. The molecule has 0 radical (unpaired) electrons. The normalized spacial score (nSPS) is 18.8. The summed E-state index contributed by atoms with van der Waals surface area (Å²) in [6.45, 7) is 5.94. The molecule has 4 rings (SSSR count). The molecule has 35 heavy (non-hydrogen) atoms. The van der Waals surface area contributed by atoms with E-state index in [9.17, 15) is 13.2 Å². The van der Waals surface area contributed by atoms with Gasteiger partial charge in [-0.25, -0.2) is 8.42 Å². The molecule has 186 valence electrons. The largest absolute Gasteiger partial charge is 0.495 e. The topological polar surface area (TPSA) is 93.5 Å². The standard InChI is InChI=1S/C26H32N4O4S/c1-19-13-20(2)17-30(16-19)35(32,33)25-14-21(9-10-24(25)34-3)26(31)27-15-22-7-4-5-8-23(22)18-29-12-6-11-28-29/h4-12,14,19-20H,13,15-18H2,1-3H3,(H,27,31)/t19-,20-/m0/s1. The van der Waals surface area contributed by atoms with Gasteiger partial charge in [0.1, 0.15) is 10.6 Å². The van der Waals surface area contributed by atoms with Gasteiger partial charge in [0.25, 0.3) is 5.91 Å². The fourth-order valence-electron chi connectivity index (χ4n) is 4.69. The SMILES string of the molecule is COc1ccc(C(=O)NCc2ccccc2Cn2cccn2)cc1S(=O)(=O)N1C[C@@H](C)C[C@H](C)C1. The van der Waals surface area contributed by atoms with Crippen LogP contribution >= 0.6 is 0 Å². The first-order valence-electron chi connectivity index (χ1n) is 11.8. The molecule has 1 aromatic heterocycles. The quantitative estimate of drug-likeness (QED) is 0.515. The van der Waals surface area contributed by atoms with Gasteiger partial charge in [-0.3, -0.25) is 9.48 Å². The summed E-state index contributed by atoms with van der Waals surface area (Å²) in [5.41, 5.74) is 2.28. The molecule has 2 atom stereocenters. The third-order valence-electron chi connectivity index (χ3n) is 6.33. The average molecular weight is 497 g/mol. The maximum absolute atomic E-state index is 13.5. The minimum atomic E-state index is -3.81. The van der Waals surface area contributed by atoms with Crippen molar-refractivity contribution in [2.45, 2.75) is 38.3 Å². The fraction of sp³-hybridized carbons (Fsp3) is 0.385. The second-order valence-corrected chi connectivity index (χ2v) is 11.2. The van der Waals surface area contributed by atoms with E-state index in [4.69, 9.17) is 4.74 Å². The van der Waals surface area contributed by atoms with E-state index >= 15 is 0 Å². The Hall–Kier alpha value is -3.17. The molecule has 2 heterocycles. The Morgan fingerprint density at radius 3 is 2.46 bits per heavy atom. The molecule has 2 aromatic carbocycles. The van der Waals surface area contributed by atoms with E-state index < -0.39 is 10.0 Å². The first-order chi connectivity index (χ1) is 16.8. The number of methoxy groups -OCH3 is 1. The second-order valence-electron chi connectivity index (χ2n) is 9.29. The Kier molecular flexibility index (Phi) is 7.57. The summed E-state index contributed by atoms with van der Waals surface area (Å²) in [5.74, 6) is 0.427. The molecule has 0 unspecified atom stereocenters. The molecule has 3 aromatic rings. The molecule has 1 amide bonds. The number of carbonyl (C=O) groups is 1. The molecule has 0 bridgehead atoms. The summed E-state index contributed by atoms with van der Waals surface area (Å²) in [6.07, 6.45) is 4.61. The van der Waals surface area contributed by atoms with Crippen LogP contribution in [0.15, 0.2) is 65.8 Å². The number of hydrogen-bond donors (Lipinski definition) is 1. The number of nitrogens with zero attached hydrogens (tertiary/aromatic N) is 3. The van der Waals surface area contributed by atoms with E-state index in [1.54, 1.807) is 18.3 Å². The predicted octanol–water partition coefficient (Wildman–Crippen LogP) is 3.54. The van der Waals surface area contributed by atoms with Crippen molar-refractivity contribution in [3.8, 4) is 5.75 Å². The van der Waals surface area contributed by atoms with Crippen molar-refractivity contribution in [1.82, 2.24) is 19.4 Å². The highest BCUT2D eigenvalue weighted by Gasteiger charge is 2.34. The van der Waals surface area contributed by atoms with Gasteiger partial charge in [0.15, 0.2) is 0 Å². The first kappa shape index (κ1) is 24.9. The van der Waals surface area contributed by atoms with Crippen molar-refractivity contribution >= 4 is 15.9 Å². The molecule has 1 aliphatic rings. The van der Waals surface area contributed by atoms with Crippen LogP contribution in [0.25, 0.3) is 0 Å². The first-order valence-corrected chi connectivity index (χ1v) is 13.2. The van der Waals surface area contributed by atoms with Crippen LogP contribution in [0.1, 0.15) is 41.8 Å². The lowest BCUT2D eigenvalue weighted by Crippen LogP contribution is -2.42. The highest BCUT2D eigenvalue weighted by Crippen LogP contribution is 2.32. The van der Waals surface area contributed by atoms with Gasteiger partial charge in [0, 0.05) is 37.6 Å². The van der Waals surface area contributed by atoms with Crippen LogP contribution in [0.2, 0.25) is 0 Å². The van der Waals surface area contributed by atoms with Crippen LogP contribution in [0, 0.1) is 11.8 Å². The van der Waals surface area contributed by atoms with E-state index in [1.807, 2.05) is 41.2 Å². The zero-order chi connectivity index (χ0) is 25.0. The Balaban J connectivity index is 1.53. The number of piperidine rings is 1. The van der Waals surface area contributed by atoms with Crippen molar-refractivity contribution < 1.29 is 17.9 Å². The minimum Gasteiger partial charge on any atom is -0.495 e. The van der Waals surface area contributed by atoms with E-state index in [2.05, 4.69) is 24.3 Å². The van der Waals surface area contributed by atoms with Crippen LogP contribution in [-0.2, 0) is 23.1 Å². The number of carbonyl (C=O) groups excluding carboxylic acids is 1. The Morgan fingerprint density at radius 1 is 1.09 bits per heavy atom. The lowest BCUT2D eigenvalue weighted by molar-refractivity contribution is 0.0950. The lowest BCUT2D eigenvalue weighted by atomic mass is 9.94. The number of rotatable bonds is 8.